The number of aryl methyl sites for hydroxylation is 2. The summed E-state index contributed by atoms with van der Waals surface area (Å²) in [4.78, 5) is 14.1. The molecule has 5 heteroatoms. The lowest BCUT2D eigenvalue weighted by Gasteiger charge is -2.26. The van der Waals surface area contributed by atoms with Crippen molar-refractivity contribution < 1.29 is 4.79 Å². The highest BCUT2D eigenvalue weighted by molar-refractivity contribution is 5.81. The number of rotatable bonds is 3. The van der Waals surface area contributed by atoms with Gasteiger partial charge in [0.25, 0.3) is 0 Å². The number of carbonyl (C=O) groups is 1. The molecule has 2 atom stereocenters. The molecule has 1 aliphatic heterocycles. The largest absolute Gasteiger partial charge is 0.331 e. The van der Waals surface area contributed by atoms with Gasteiger partial charge in [0.2, 0.25) is 5.91 Å². The number of nitrogens with two attached hydrogens (primary N) is 1. The molecular formula is C13H20N4O. The van der Waals surface area contributed by atoms with Crippen LogP contribution in [-0.2, 0) is 18.3 Å². The summed E-state index contributed by atoms with van der Waals surface area (Å²) in [7, 11) is 1.92. The maximum absolute atomic E-state index is 12.1. The molecule has 1 aromatic rings. The van der Waals surface area contributed by atoms with Crippen LogP contribution in [0.3, 0.4) is 0 Å². The van der Waals surface area contributed by atoms with Crippen LogP contribution in [-0.4, -0.2) is 32.7 Å². The van der Waals surface area contributed by atoms with Crippen molar-refractivity contribution in [2.24, 2.45) is 12.8 Å². The number of amides is 1. The Morgan fingerprint density at radius 1 is 1.50 bits per heavy atom. The zero-order chi connectivity index (χ0) is 12.9. The topological polar surface area (TPSA) is 64.2 Å². The van der Waals surface area contributed by atoms with Crippen molar-refractivity contribution >= 4 is 5.91 Å². The summed E-state index contributed by atoms with van der Waals surface area (Å²) < 4.78 is 1.83. The molecule has 1 aromatic heterocycles. The van der Waals surface area contributed by atoms with E-state index in [1.807, 2.05) is 22.8 Å². The van der Waals surface area contributed by atoms with Gasteiger partial charge in [0.05, 0.1) is 11.7 Å². The Bertz CT molecular complexity index is 477. The SMILES string of the molecule is CCc1nn(C)cc1C1C(N)CC(=O)N1C1CC1. The van der Waals surface area contributed by atoms with Gasteiger partial charge in [0.15, 0.2) is 0 Å². The minimum absolute atomic E-state index is 0.0358. The molecular weight excluding hydrogens is 228 g/mol. The highest BCUT2D eigenvalue weighted by Crippen LogP contribution is 2.41. The van der Waals surface area contributed by atoms with Gasteiger partial charge >= 0.3 is 0 Å². The Balaban J connectivity index is 1.99. The average Bonchev–Trinajstić information content (AvgIpc) is 3.02. The molecule has 2 unspecified atom stereocenters. The maximum Gasteiger partial charge on any atom is 0.225 e. The van der Waals surface area contributed by atoms with Gasteiger partial charge in [-0.3, -0.25) is 9.48 Å². The maximum atomic E-state index is 12.1. The van der Waals surface area contributed by atoms with Gasteiger partial charge < -0.3 is 10.6 Å². The van der Waals surface area contributed by atoms with Gasteiger partial charge in [0.1, 0.15) is 0 Å². The van der Waals surface area contributed by atoms with Crippen LogP contribution in [0.5, 0.6) is 0 Å². The molecule has 2 N–H and O–H groups in total. The highest BCUT2D eigenvalue weighted by atomic mass is 16.2. The zero-order valence-electron chi connectivity index (χ0n) is 11.0. The van der Waals surface area contributed by atoms with E-state index in [4.69, 9.17) is 5.73 Å². The molecule has 0 spiro atoms. The van der Waals surface area contributed by atoms with Crippen molar-refractivity contribution in [3.8, 4) is 0 Å². The summed E-state index contributed by atoms with van der Waals surface area (Å²) in [5.74, 6) is 0.209. The number of nitrogens with zero attached hydrogens (tertiary/aromatic N) is 3. The van der Waals surface area contributed by atoms with Crippen LogP contribution in [0.25, 0.3) is 0 Å². The first-order chi connectivity index (χ1) is 8.61. The molecule has 3 rings (SSSR count). The summed E-state index contributed by atoms with van der Waals surface area (Å²) in [6.07, 6.45) is 5.62. The molecule has 1 saturated heterocycles. The Hall–Kier alpha value is -1.36. The van der Waals surface area contributed by atoms with E-state index in [1.54, 1.807) is 0 Å². The number of hydrogen-bond acceptors (Lipinski definition) is 3. The molecule has 2 heterocycles. The fourth-order valence-corrected chi connectivity index (χ4v) is 3.02. The van der Waals surface area contributed by atoms with Crippen molar-refractivity contribution in [2.75, 3.05) is 0 Å². The van der Waals surface area contributed by atoms with Crippen LogP contribution in [0.1, 0.15) is 43.5 Å². The molecule has 0 bridgehead atoms. The van der Waals surface area contributed by atoms with Gasteiger partial charge in [-0.05, 0) is 19.3 Å². The lowest BCUT2D eigenvalue weighted by Crippen LogP contribution is -2.35. The van der Waals surface area contributed by atoms with Crippen molar-refractivity contribution in [3.63, 3.8) is 0 Å². The van der Waals surface area contributed by atoms with Crippen LogP contribution in [0.2, 0.25) is 0 Å². The predicted molar refractivity (Wildman–Crippen MR) is 67.8 cm³/mol. The van der Waals surface area contributed by atoms with E-state index < -0.39 is 0 Å². The second-order valence-corrected chi connectivity index (χ2v) is 5.40. The third-order valence-corrected chi connectivity index (χ3v) is 3.93. The Kier molecular flexibility index (Phi) is 2.66. The first kappa shape index (κ1) is 11.7. The van der Waals surface area contributed by atoms with Crippen LogP contribution < -0.4 is 5.73 Å². The van der Waals surface area contributed by atoms with E-state index in [2.05, 4.69) is 12.0 Å². The number of likely N-dealkylation sites (tertiary alicyclic amines) is 1. The summed E-state index contributed by atoms with van der Waals surface area (Å²) in [6.45, 7) is 2.09. The van der Waals surface area contributed by atoms with E-state index in [0.29, 0.717) is 12.5 Å². The second kappa shape index (κ2) is 4.09. The monoisotopic (exact) mass is 248 g/mol. The molecule has 2 fully saturated rings. The highest BCUT2D eigenvalue weighted by Gasteiger charge is 2.46. The van der Waals surface area contributed by atoms with E-state index in [-0.39, 0.29) is 18.0 Å². The normalized spacial score (nSPS) is 28.2. The Morgan fingerprint density at radius 2 is 2.22 bits per heavy atom. The lowest BCUT2D eigenvalue weighted by molar-refractivity contribution is -0.129. The number of aromatic nitrogens is 2. The summed E-state index contributed by atoms with van der Waals surface area (Å²) in [6, 6.07) is 0.363. The van der Waals surface area contributed by atoms with Gasteiger partial charge in [0, 0.05) is 37.3 Å². The fraction of sp³-hybridized carbons (Fsp3) is 0.692. The summed E-state index contributed by atoms with van der Waals surface area (Å²) in [5, 5.41) is 4.47. The third-order valence-electron chi connectivity index (χ3n) is 3.93. The van der Waals surface area contributed by atoms with Crippen molar-refractivity contribution in [3.05, 3.63) is 17.5 Å². The van der Waals surface area contributed by atoms with E-state index in [9.17, 15) is 4.79 Å². The Morgan fingerprint density at radius 3 is 2.83 bits per heavy atom. The summed E-state index contributed by atoms with van der Waals surface area (Å²) in [5.41, 5.74) is 8.40. The first-order valence-corrected chi connectivity index (χ1v) is 6.71. The molecule has 5 nitrogen and oxygen atoms in total. The van der Waals surface area contributed by atoms with Crippen LogP contribution in [0.15, 0.2) is 6.20 Å². The second-order valence-electron chi connectivity index (χ2n) is 5.40. The molecule has 2 aliphatic rings. The van der Waals surface area contributed by atoms with Gasteiger partial charge in [-0.15, -0.1) is 0 Å². The van der Waals surface area contributed by atoms with E-state index in [0.717, 1.165) is 30.5 Å². The molecule has 0 aromatic carbocycles. The number of hydrogen-bond donors (Lipinski definition) is 1. The van der Waals surface area contributed by atoms with Crippen molar-refractivity contribution in [2.45, 2.75) is 50.7 Å². The van der Waals surface area contributed by atoms with Gasteiger partial charge in [-0.2, -0.15) is 5.10 Å². The van der Waals surface area contributed by atoms with Gasteiger partial charge in [-0.1, -0.05) is 6.92 Å². The standard InChI is InChI=1S/C13H20N4O/c1-3-11-9(7-16(2)15-11)13-10(14)6-12(18)17(13)8-4-5-8/h7-8,10,13H,3-6,14H2,1-2H3. The predicted octanol–water partition coefficient (Wildman–Crippen LogP) is 0.746. The minimum Gasteiger partial charge on any atom is -0.331 e. The molecule has 18 heavy (non-hydrogen) atoms. The molecule has 98 valence electrons. The van der Waals surface area contributed by atoms with Crippen molar-refractivity contribution in [1.82, 2.24) is 14.7 Å². The fourth-order valence-electron chi connectivity index (χ4n) is 3.02. The lowest BCUT2D eigenvalue weighted by atomic mass is 10.0. The molecule has 1 aliphatic carbocycles. The van der Waals surface area contributed by atoms with Crippen LogP contribution >= 0.6 is 0 Å². The third kappa shape index (κ3) is 1.73. The van der Waals surface area contributed by atoms with E-state index >= 15 is 0 Å². The van der Waals surface area contributed by atoms with Gasteiger partial charge in [-0.25, -0.2) is 0 Å². The Labute approximate surface area is 107 Å². The minimum atomic E-state index is -0.0902. The zero-order valence-corrected chi connectivity index (χ0v) is 11.0. The smallest absolute Gasteiger partial charge is 0.225 e. The average molecular weight is 248 g/mol. The van der Waals surface area contributed by atoms with Crippen LogP contribution in [0, 0.1) is 0 Å². The molecule has 0 radical (unpaired) electrons. The van der Waals surface area contributed by atoms with E-state index in [1.165, 1.54) is 0 Å². The number of carbonyl (C=O) groups excluding carboxylic acids is 1. The first-order valence-electron chi connectivity index (χ1n) is 6.71. The molecule has 1 amide bonds. The molecule has 1 saturated carbocycles. The van der Waals surface area contributed by atoms with Crippen molar-refractivity contribution in [1.29, 1.82) is 0 Å². The summed E-state index contributed by atoms with van der Waals surface area (Å²) >= 11 is 0. The van der Waals surface area contributed by atoms with Crippen LogP contribution in [0.4, 0.5) is 0 Å². The quantitative estimate of drug-likeness (QED) is 0.858.